The molecule has 2 unspecified atom stereocenters. The molecule has 0 radical (unpaired) electrons. The molecule has 0 aromatic rings. The number of ether oxygens (including phenoxy) is 2. The van der Waals surface area contributed by atoms with E-state index in [1.165, 1.54) is 0 Å². The van der Waals surface area contributed by atoms with Crippen molar-refractivity contribution in [1.29, 1.82) is 0 Å². The Kier molecular flexibility index (Phi) is 26.0. The van der Waals surface area contributed by atoms with Crippen molar-refractivity contribution in [3.05, 3.63) is 0 Å². The monoisotopic (exact) mass is 698 g/mol. The fourth-order valence-electron chi connectivity index (χ4n) is 5.05. The second-order valence-electron chi connectivity index (χ2n) is 12.7. The number of unbranched alkanes of at least 4 members (excludes halogenated alkanes) is 6. The Bertz CT molecular complexity index is 1180. The van der Waals surface area contributed by atoms with E-state index in [4.69, 9.17) is 9.47 Å². The van der Waals surface area contributed by atoms with Crippen molar-refractivity contribution in [2.24, 2.45) is 11.8 Å². The molecule has 0 spiro atoms. The predicted octanol–water partition coefficient (Wildman–Crippen LogP) is 5.57. The van der Waals surface area contributed by atoms with Gasteiger partial charge in [-0.05, 0) is 81.5 Å². The van der Waals surface area contributed by atoms with Crippen LogP contribution in [-0.4, -0.2) is 75.7 Å². The maximum Gasteiger partial charge on any atom is 0.407 e. The van der Waals surface area contributed by atoms with Crippen molar-refractivity contribution in [1.82, 2.24) is 31.9 Å². The quantitative estimate of drug-likeness (QED) is 0.0641. The smallest absolute Gasteiger partial charge is 0.407 e. The summed E-state index contributed by atoms with van der Waals surface area (Å²) < 4.78 is 10.4. The van der Waals surface area contributed by atoms with Crippen molar-refractivity contribution < 1.29 is 28.7 Å². The number of urea groups is 2. The fourth-order valence-corrected chi connectivity index (χ4v) is 5.05. The minimum Gasteiger partial charge on any atom is -0.449 e. The van der Waals surface area contributed by atoms with Gasteiger partial charge in [0.2, 0.25) is 0 Å². The predicted molar refractivity (Wildman–Crippen MR) is 197 cm³/mol. The lowest BCUT2D eigenvalue weighted by Crippen LogP contribution is -2.56. The van der Waals surface area contributed by atoms with Gasteiger partial charge in [0.05, 0.1) is 24.6 Å². The standard InChI is InChI=1S/C38H62N6O6/c1-5-8-9-10-15-22-32(7-3)30-50-38(48)42-28-21-14-12-19-26-40-36(46)44-34-24-17-16-23-33(34)43-35(45)39-25-18-11-13-20-27-41-37(47)49-29-31(4)6-2/h31-34H,6-7,11-14,16-21,23-30H2,1-4H3,(H,41,47)(H,42,48)(H2,39,43,45)(H2,40,44,46)/t31?,32?,33-,34-/m0/s1. The molecule has 280 valence electrons. The van der Waals surface area contributed by atoms with Gasteiger partial charge < -0.3 is 41.4 Å². The Labute approximate surface area is 300 Å². The highest BCUT2D eigenvalue weighted by Gasteiger charge is 2.27. The molecule has 0 bridgehead atoms. The van der Waals surface area contributed by atoms with E-state index < -0.39 is 6.09 Å². The van der Waals surface area contributed by atoms with Crippen LogP contribution in [0.4, 0.5) is 19.2 Å². The number of amides is 6. The molecular weight excluding hydrogens is 636 g/mol. The SMILES string of the molecule is CC#CC#CC#CC(CC)COC(=O)NCCCCCCNC(=O)N[C@H]1CCCC[C@@H]1NC(=O)NCCCCCCNC(=O)OCC(C)CC. The van der Waals surface area contributed by atoms with Crippen LogP contribution in [0.3, 0.4) is 0 Å². The third-order valence-corrected chi connectivity index (χ3v) is 8.41. The van der Waals surface area contributed by atoms with Gasteiger partial charge in [-0.1, -0.05) is 77.6 Å². The van der Waals surface area contributed by atoms with Crippen molar-refractivity contribution in [2.45, 2.75) is 130 Å². The van der Waals surface area contributed by atoms with Crippen LogP contribution in [0, 0.1) is 47.4 Å². The van der Waals surface area contributed by atoms with Gasteiger partial charge in [0.1, 0.15) is 6.61 Å². The zero-order chi connectivity index (χ0) is 36.7. The van der Waals surface area contributed by atoms with E-state index in [1.807, 2.05) is 13.8 Å². The van der Waals surface area contributed by atoms with Crippen LogP contribution >= 0.6 is 0 Å². The first-order valence-electron chi connectivity index (χ1n) is 18.6. The fraction of sp³-hybridized carbons (Fsp3) is 0.737. The Morgan fingerprint density at radius 3 is 1.54 bits per heavy atom. The first-order chi connectivity index (χ1) is 24.3. The van der Waals surface area contributed by atoms with E-state index in [1.54, 1.807) is 6.92 Å². The molecule has 12 nitrogen and oxygen atoms in total. The van der Waals surface area contributed by atoms with E-state index in [2.05, 4.69) is 74.3 Å². The van der Waals surface area contributed by atoms with Gasteiger partial charge in [-0.15, -0.1) is 0 Å². The molecule has 0 aliphatic heterocycles. The summed E-state index contributed by atoms with van der Waals surface area (Å²) in [6.45, 7) is 10.7. The number of nitrogens with one attached hydrogen (secondary N) is 6. The molecule has 1 aliphatic carbocycles. The summed E-state index contributed by atoms with van der Waals surface area (Å²) in [5.74, 6) is 16.6. The number of rotatable bonds is 22. The topological polar surface area (TPSA) is 159 Å². The van der Waals surface area contributed by atoms with E-state index in [9.17, 15) is 19.2 Å². The molecule has 0 saturated heterocycles. The summed E-state index contributed by atoms with van der Waals surface area (Å²) in [7, 11) is 0. The molecule has 50 heavy (non-hydrogen) atoms. The van der Waals surface area contributed by atoms with Crippen molar-refractivity contribution >= 4 is 24.2 Å². The summed E-state index contributed by atoms with van der Waals surface area (Å²) in [5, 5.41) is 17.5. The third-order valence-electron chi connectivity index (χ3n) is 8.41. The first kappa shape index (κ1) is 43.8. The maximum absolute atomic E-state index is 12.6. The van der Waals surface area contributed by atoms with Crippen LogP contribution in [0.25, 0.3) is 0 Å². The van der Waals surface area contributed by atoms with Crippen LogP contribution in [-0.2, 0) is 9.47 Å². The molecule has 1 rings (SSSR count). The minimum atomic E-state index is -0.450. The molecular formula is C38H62N6O6. The number of hydrogen-bond acceptors (Lipinski definition) is 6. The second-order valence-corrected chi connectivity index (χ2v) is 12.7. The van der Waals surface area contributed by atoms with E-state index in [0.29, 0.717) is 38.7 Å². The van der Waals surface area contributed by atoms with Gasteiger partial charge >= 0.3 is 24.2 Å². The van der Waals surface area contributed by atoms with Gasteiger partial charge in [0.25, 0.3) is 0 Å². The highest BCUT2D eigenvalue weighted by molar-refractivity contribution is 5.76. The average Bonchev–Trinajstić information content (AvgIpc) is 3.11. The molecule has 1 saturated carbocycles. The molecule has 1 fully saturated rings. The first-order valence-corrected chi connectivity index (χ1v) is 18.6. The number of carbonyl (C=O) groups excluding carboxylic acids is 4. The van der Waals surface area contributed by atoms with E-state index in [0.717, 1.165) is 89.9 Å². The number of alkyl carbamates (subject to hydrolysis) is 2. The summed E-state index contributed by atoms with van der Waals surface area (Å²) in [4.78, 5) is 48.7. The van der Waals surface area contributed by atoms with Gasteiger partial charge in [0.15, 0.2) is 0 Å². The molecule has 0 aromatic heterocycles. The third kappa shape index (κ3) is 24.0. The van der Waals surface area contributed by atoms with E-state index >= 15 is 0 Å². The van der Waals surface area contributed by atoms with Crippen LogP contribution in [0.2, 0.25) is 0 Å². The molecule has 6 N–H and O–H groups in total. The van der Waals surface area contributed by atoms with Gasteiger partial charge in [-0.2, -0.15) is 0 Å². The summed E-state index contributed by atoms with van der Waals surface area (Å²) in [5.41, 5.74) is 0. The maximum atomic E-state index is 12.6. The van der Waals surface area contributed by atoms with E-state index in [-0.39, 0.29) is 42.8 Å². The molecule has 12 heteroatoms. The molecule has 6 amide bonds. The zero-order valence-corrected chi connectivity index (χ0v) is 30.9. The van der Waals surface area contributed by atoms with Crippen LogP contribution in [0.1, 0.15) is 118 Å². The lowest BCUT2D eigenvalue weighted by Gasteiger charge is -2.32. The van der Waals surface area contributed by atoms with Crippen LogP contribution < -0.4 is 31.9 Å². The molecule has 4 atom stereocenters. The largest absolute Gasteiger partial charge is 0.449 e. The summed E-state index contributed by atoms with van der Waals surface area (Å²) in [6, 6.07) is -0.653. The Hall–Kier alpha value is -4.24. The molecule has 0 heterocycles. The van der Waals surface area contributed by atoms with Crippen molar-refractivity contribution in [2.75, 3.05) is 39.4 Å². The summed E-state index contributed by atoms with van der Waals surface area (Å²) >= 11 is 0. The van der Waals surface area contributed by atoms with Gasteiger partial charge in [-0.25, -0.2) is 19.2 Å². The molecule has 0 aromatic carbocycles. The van der Waals surface area contributed by atoms with Gasteiger partial charge in [0, 0.05) is 26.2 Å². The number of carbonyl (C=O) groups is 4. The van der Waals surface area contributed by atoms with Crippen molar-refractivity contribution in [3.8, 4) is 35.5 Å². The molecule has 1 aliphatic rings. The Morgan fingerprint density at radius 2 is 1.08 bits per heavy atom. The highest BCUT2D eigenvalue weighted by Crippen LogP contribution is 2.18. The van der Waals surface area contributed by atoms with Gasteiger partial charge in [-0.3, -0.25) is 0 Å². The lowest BCUT2D eigenvalue weighted by atomic mass is 9.90. The Morgan fingerprint density at radius 1 is 0.620 bits per heavy atom. The minimum absolute atomic E-state index is 0.0694. The van der Waals surface area contributed by atoms with Crippen LogP contribution in [0.15, 0.2) is 0 Å². The normalized spacial score (nSPS) is 15.8. The highest BCUT2D eigenvalue weighted by atomic mass is 16.6. The van der Waals surface area contributed by atoms with Crippen molar-refractivity contribution in [3.63, 3.8) is 0 Å². The average molecular weight is 699 g/mol. The Balaban J connectivity index is 2.11. The van der Waals surface area contributed by atoms with Crippen LogP contribution in [0.5, 0.6) is 0 Å². The number of hydrogen-bond donors (Lipinski definition) is 6. The zero-order valence-electron chi connectivity index (χ0n) is 30.9. The summed E-state index contributed by atoms with van der Waals surface area (Å²) in [6.07, 6.45) is 11.7. The lowest BCUT2D eigenvalue weighted by molar-refractivity contribution is 0.129. The second kappa shape index (κ2) is 29.7.